The van der Waals surface area contributed by atoms with E-state index in [4.69, 9.17) is 4.74 Å². The third-order valence-electron chi connectivity index (χ3n) is 3.42. The monoisotopic (exact) mass is 285 g/mol. The Morgan fingerprint density at radius 3 is 2.45 bits per heavy atom. The molecule has 1 heterocycles. The second kappa shape index (κ2) is 8.92. The molecule has 0 radical (unpaired) electrons. The minimum atomic E-state index is -0.452. The van der Waals surface area contributed by atoms with E-state index in [-0.39, 0.29) is 17.7 Å². The van der Waals surface area contributed by atoms with Gasteiger partial charge in [-0.05, 0) is 5.92 Å². The van der Waals surface area contributed by atoms with Gasteiger partial charge in [-0.2, -0.15) is 0 Å². The molecular weight excluding hydrogens is 258 g/mol. The van der Waals surface area contributed by atoms with E-state index in [2.05, 4.69) is 15.5 Å². The Bertz CT molecular complexity index is 315. The van der Waals surface area contributed by atoms with Crippen LogP contribution in [0.4, 0.5) is 0 Å². The minimum absolute atomic E-state index is 0.0777. The molecule has 2 amide bonds. The summed E-state index contributed by atoms with van der Waals surface area (Å²) in [5.74, 6) is -0.115. The zero-order chi connectivity index (χ0) is 15.0. The summed E-state index contributed by atoms with van der Waals surface area (Å²) >= 11 is 0. The van der Waals surface area contributed by atoms with Crippen molar-refractivity contribution in [3.8, 4) is 0 Å². The highest BCUT2D eigenvalue weighted by Crippen LogP contribution is 2.02. The van der Waals surface area contributed by atoms with Crippen LogP contribution in [0.1, 0.15) is 27.2 Å². The van der Waals surface area contributed by atoms with Crippen LogP contribution in [-0.2, 0) is 14.3 Å². The normalized spacial score (nSPS) is 17.8. The van der Waals surface area contributed by atoms with Crippen molar-refractivity contribution < 1.29 is 14.3 Å². The summed E-state index contributed by atoms with van der Waals surface area (Å²) in [6.07, 6.45) is 0.393. The number of carbonyl (C=O) groups is 2. The van der Waals surface area contributed by atoms with Gasteiger partial charge in [0, 0.05) is 32.6 Å². The Labute approximate surface area is 121 Å². The van der Waals surface area contributed by atoms with Crippen LogP contribution in [-0.4, -0.2) is 62.1 Å². The lowest BCUT2D eigenvalue weighted by molar-refractivity contribution is -0.130. The molecule has 0 aromatic heterocycles. The van der Waals surface area contributed by atoms with E-state index in [1.807, 2.05) is 13.8 Å². The van der Waals surface area contributed by atoms with E-state index in [0.717, 1.165) is 32.8 Å². The van der Waals surface area contributed by atoms with Gasteiger partial charge in [-0.1, -0.05) is 20.8 Å². The molecule has 20 heavy (non-hydrogen) atoms. The maximum Gasteiger partial charge on any atom is 0.242 e. The molecule has 0 bridgehead atoms. The molecular formula is C14H27N3O3. The Kier molecular flexibility index (Phi) is 7.54. The summed E-state index contributed by atoms with van der Waals surface area (Å²) in [5, 5.41) is 5.67. The SMILES string of the molecule is CCC(=O)NC(C(=O)NCCN1CCOCC1)C(C)C. The van der Waals surface area contributed by atoms with Crippen LogP contribution >= 0.6 is 0 Å². The molecule has 1 rings (SSSR count). The zero-order valence-electron chi connectivity index (χ0n) is 12.8. The van der Waals surface area contributed by atoms with E-state index in [0.29, 0.717) is 13.0 Å². The highest BCUT2D eigenvalue weighted by molar-refractivity contribution is 5.87. The van der Waals surface area contributed by atoms with E-state index in [1.165, 1.54) is 0 Å². The lowest BCUT2D eigenvalue weighted by atomic mass is 10.0. The van der Waals surface area contributed by atoms with Crippen molar-refractivity contribution in [1.29, 1.82) is 0 Å². The molecule has 1 aliphatic heterocycles. The highest BCUT2D eigenvalue weighted by atomic mass is 16.5. The molecule has 1 atom stereocenters. The van der Waals surface area contributed by atoms with Gasteiger partial charge in [0.15, 0.2) is 0 Å². The fraction of sp³-hybridized carbons (Fsp3) is 0.857. The molecule has 116 valence electrons. The van der Waals surface area contributed by atoms with Crippen molar-refractivity contribution in [2.24, 2.45) is 5.92 Å². The van der Waals surface area contributed by atoms with Gasteiger partial charge in [0.1, 0.15) is 6.04 Å². The van der Waals surface area contributed by atoms with E-state index < -0.39 is 6.04 Å². The van der Waals surface area contributed by atoms with Gasteiger partial charge in [0.25, 0.3) is 0 Å². The first kappa shape index (κ1) is 16.9. The maximum atomic E-state index is 12.1. The van der Waals surface area contributed by atoms with Crippen molar-refractivity contribution >= 4 is 11.8 Å². The smallest absolute Gasteiger partial charge is 0.242 e. The van der Waals surface area contributed by atoms with Gasteiger partial charge >= 0.3 is 0 Å². The maximum absolute atomic E-state index is 12.1. The van der Waals surface area contributed by atoms with Gasteiger partial charge in [-0.3, -0.25) is 14.5 Å². The molecule has 0 saturated carbocycles. The largest absolute Gasteiger partial charge is 0.379 e. The lowest BCUT2D eigenvalue weighted by Gasteiger charge is -2.27. The van der Waals surface area contributed by atoms with E-state index in [9.17, 15) is 9.59 Å². The van der Waals surface area contributed by atoms with Crippen molar-refractivity contribution in [2.75, 3.05) is 39.4 Å². The first-order valence-electron chi connectivity index (χ1n) is 7.41. The number of nitrogens with one attached hydrogen (secondary N) is 2. The molecule has 1 saturated heterocycles. The van der Waals surface area contributed by atoms with Crippen molar-refractivity contribution in [1.82, 2.24) is 15.5 Å². The van der Waals surface area contributed by atoms with Crippen LogP contribution < -0.4 is 10.6 Å². The van der Waals surface area contributed by atoms with Crippen molar-refractivity contribution in [3.63, 3.8) is 0 Å². The second-order valence-corrected chi connectivity index (χ2v) is 5.39. The summed E-state index contributed by atoms with van der Waals surface area (Å²) in [6, 6.07) is -0.452. The first-order chi connectivity index (χ1) is 9.54. The molecule has 0 aliphatic carbocycles. The van der Waals surface area contributed by atoms with Gasteiger partial charge < -0.3 is 15.4 Å². The summed E-state index contributed by atoms with van der Waals surface area (Å²) in [6.45, 7) is 10.4. The predicted molar refractivity (Wildman–Crippen MR) is 77.3 cm³/mol. The molecule has 0 aromatic rings. The summed E-state index contributed by atoms with van der Waals surface area (Å²) in [7, 11) is 0. The number of nitrogens with zero attached hydrogens (tertiary/aromatic N) is 1. The molecule has 6 nitrogen and oxygen atoms in total. The number of morpholine rings is 1. The topological polar surface area (TPSA) is 70.7 Å². The van der Waals surface area contributed by atoms with Crippen LogP contribution in [0.2, 0.25) is 0 Å². The number of ether oxygens (including phenoxy) is 1. The molecule has 0 spiro atoms. The highest BCUT2D eigenvalue weighted by Gasteiger charge is 2.23. The first-order valence-corrected chi connectivity index (χ1v) is 7.41. The van der Waals surface area contributed by atoms with Crippen LogP contribution in [0, 0.1) is 5.92 Å². The number of hydrogen-bond acceptors (Lipinski definition) is 4. The third-order valence-corrected chi connectivity index (χ3v) is 3.42. The van der Waals surface area contributed by atoms with E-state index in [1.54, 1.807) is 6.92 Å². The standard InChI is InChI=1S/C14H27N3O3/c1-4-12(18)16-13(11(2)3)14(19)15-5-6-17-7-9-20-10-8-17/h11,13H,4-10H2,1-3H3,(H,15,19)(H,16,18). The summed E-state index contributed by atoms with van der Waals surface area (Å²) in [5.41, 5.74) is 0. The molecule has 1 unspecified atom stereocenters. The lowest BCUT2D eigenvalue weighted by Crippen LogP contribution is -2.51. The molecule has 2 N–H and O–H groups in total. The van der Waals surface area contributed by atoms with Crippen molar-refractivity contribution in [3.05, 3.63) is 0 Å². The number of amides is 2. The van der Waals surface area contributed by atoms with Crippen LogP contribution in [0.3, 0.4) is 0 Å². The number of hydrogen-bond donors (Lipinski definition) is 2. The average Bonchev–Trinajstić information content (AvgIpc) is 2.45. The predicted octanol–water partition coefficient (Wildman–Crippen LogP) is -0.0144. The minimum Gasteiger partial charge on any atom is -0.379 e. The number of rotatable bonds is 7. The quantitative estimate of drug-likeness (QED) is 0.690. The summed E-state index contributed by atoms with van der Waals surface area (Å²) < 4.78 is 5.28. The second-order valence-electron chi connectivity index (χ2n) is 5.39. The Hall–Kier alpha value is -1.14. The van der Waals surface area contributed by atoms with E-state index >= 15 is 0 Å². The van der Waals surface area contributed by atoms with Gasteiger partial charge in [-0.25, -0.2) is 0 Å². The fourth-order valence-electron chi connectivity index (χ4n) is 2.08. The Morgan fingerprint density at radius 1 is 1.25 bits per heavy atom. The van der Waals surface area contributed by atoms with Gasteiger partial charge in [0.2, 0.25) is 11.8 Å². The number of carbonyl (C=O) groups excluding carboxylic acids is 2. The van der Waals surface area contributed by atoms with Crippen LogP contribution in [0.25, 0.3) is 0 Å². The summed E-state index contributed by atoms with van der Waals surface area (Å²) in [4.78, 5) is 25.8. The molecule has 1 fully saturated rings. The third kappa shape index (κ3) is 5.88. The Balaban J connectivity index is 2.31. The van der Waals surface area contributed by atoms with Crippen molar-refractivity contribution in [2.45, 2.75) is 33.2 Å². The van der Waals surface area contributed by atoms with Gasteiger partial charge in [0.05, 0.1) is 13.2 Å². The zero-order valence-corrected chi connectivity index (χ0v) is 12.8. The average molecular weight is 285 g/mol. The molecule has 6 heteroatoms. The van der Waals surface area contributed by atoms with Gasteiger partial charge in [-0.15, -0.1) is 0 Å². The Morgan fingerprint density at radius 2 is 1.90 bits per heavy atom. The molecule has 1 aliphatic rings. The van der Waals surface area contributed by atoms with Crippen LogP contribution in [0.15, 0.2) is 0 Å². The fourth-order valence-corrected chi connectivity index (χ4v) is 2.08. The van der Waals surface area contributed by atoms with Crippen LogP contribution in [0.5, 0.6) is 0 Å². The molecule has 0 aromatic carbocycles.